The summed E-state index contributed by atoms with van der Waals surface area (Å²) in [5.74, 6) is 0.744. The number of anilines is 2. The van der Waals surface area contributed by atoms with Crippen LogP contribution in [0.1, 0.15) is 25.5 Å². The summed E-state index contributed by atoms with van der Waals surface area (Å²) in [7, 11) is 2.08. The quantitative estimate of drug-likeness (QED) is 0.629. The summed E-state index contributed by atoms with van der Waals surface area (Å²) >= 11 is 0. The number of hydrogen-bond acceptors (Lipinski definition) is 7. The largest absolute Gasteiger partial charge is 0.361 e. The fourth-order valence-electron chi connectivity index (χ4n) is 2.47. The molecule has 1 aliphatic heterocycles. The van der Waals surface area contributed by atoms with Crippen LogP contribution in [0.3, 0.4) is 0 Å². The molecule has 8 nitrogen and oxygen atoms in total. The maximum atomic E-state index is 11.3. The standard InChI is InChI=1S/C13H22N6O2/c1-4-14-13-15-9(2)11(19(20)21)12(17-13)16-10-5-7-18(3)8-6-10/h10H,4-8H2,1-3H3,(H2,14,15,16,17). The number of piperidine rings is 1. The number of rotatable bonds is 5. The number of nitrogens with zero attached hydrogens (tertiary/aromatic N) is 4. The zero-order chi connectivity index (χ0) is 15.4. The van der Waals surface area contributed by atoms with Crippen molar-refractivity contribution >= 4 is 17.5 Å². The van der Waals surface area contributed by atoms with Crippen LogP contribution in [0.15, 0.2) is 0 Å². The predicted octanol–water partition coefficient (Wildman–Crippen LogP) is 1.63. The van der Waals surface area contributed by atoms with Crippen LogP contribution in [-0.4, -0.2) is 52.5 Å². The molecule has 2 heterocycles. The van der Waals surface area contributed by atoms with Gasteiger partial charge in [-0.15, -0.1) is 0 Å². The maximum Gasteiger partial charge on any atom is 0.332 e. The van der Waals surface area contributed by atoms with Crippen LogP contribution in [0.2, 0.25) is 0 Å². The molecule has 1 aromatic heterocycles. The first-order chi connectivity index (χ1) is 10.0. The lowest BCUT2D eigenvalue weighted by molar-refractivity contribution is -0.385. The van der Waals surface area contributed by atoms with Crippen LogP contribution in [0.5, 0.6) is 0 Å². The summed E-state index contributed by atoms with van der Waals surface area (Å²) in [5, 5.41) is 17.5. The van der Waals surface area contributed by atoms with Crippen LogP contribution < -0.4 is 10.6 Å². The van der Waals surface area contributed by atoms with Gasteiger partial charge in [0, 0.05) is 12.6 Å². The van der Waals surface area contributed by atoms with Crippen molar-refractivity contribution in [2.24, 2.45) is 0 Å². The van der Waals surface area contributed by atoms with Crippen LogP contribution in [0.25, 0.3) is 0 Å². The zero-order valence-electron chi connectivity index (χ0n) is 12.7. The molecule has 21 heavy (non-hydrogen) atoms. The van der Waals surface area contributed by atoms with E-state index in [2.05, 4.69) is 32.5 Å². The van der Waals surface area contributed by atoms with E-state index in [0.29, 0.717) is 24.0 Å². The van der Waals surface area contributed by atoms with Crippen LogP contribution >= 0.6 is 0 Å². The summed E-state index contributed by atoms with van der Waals surface area (Å²) in [6.07, 6.45) is 1.90. The average Bonchev–Trinajstić information content (AvgIpc) is 2.41. The van der Waals surface area contributed by atoms with Crippen molar-refractivity contribution in [3.8, 4) is 0 Å². The summed E-state index contributed by atoms with van der Waals surface area (Å²) in [6.45, 7) is 6.21. The fraction of sp³-hybridized carbons (Fsp3) is 0.692. The van der Waals surface area contributed by atoms with Crippen LogP contribution in [0.4, 0.5) is 17.5 Å². The summed E-state index contributed by atoms with van der Waals surface area (Å²) in [5.41, 5.74) is 0.344. The minimum Gasteiger partial charge on any atom is -0.361 e. The highest BCUT2D eigenvalue weighted by atomic mass is 16.6. The Morgan fingerprint density at radius 1 is 1.38 bits per heavy atom. The Balaban J connectivity index is 2.24. The molecule has 8 heteroatoms. The monoisotopic (exact) mass is 294 g/mol. The highest BCUT2D eigenvalue weighted by Crippen LogP contribution is 2.28. The minimum absolute atomic E-state index is 0.0319. The van der Waals surface area contributed by atoms with E-state index in [0.717, 1.165) is 25.9 Å². The molecule has 0 unspecified atom stereocenters. The lowest BCUT2D eigenvalue weighted by atomic mass is 10.1. The second kappa shape index (κ2) is 6.66. The van der Waals surface area contributed by atoms with Crippen molar-refractivity contribution < 1.29 is 4.92 Å². The molecular weight excluding hydrogens is 272 g/mol. The molecule has 0 aliphatic carbocycles. The Bertz CT molecular complexity index is 514. The Labute approximate surface area is 124 Å². The fourth-order valence-corrected chi connectivity index (χ4v) is 2.47. The van der Waals surface area contributed by atoms with E-state index < -0.39 is 4.92 Å². The molecule has 0 amide bonds. The smallest absolute Gasteiger partial charge is 0.332 e. The predicted molar refractivity (Wildman–Crippen MR) is 81.7 cm³/mol. The molecule has 0 spiro atoms. The van der Waals surface area contributed by atoms with Gasteiger partial charge in [-0.25, -0.2) is 4.98 Å². The molecule has 2 rings (SSSR count). The summed E-state index contributed by atoms with van der Waals surface area (Å²) in [4.78, 5) is 21.5. The van der Waals surface area contributed by atoms with E-state index in [4.69, 9.17) is 0 Å². The molecular formula is C13H22N6O2. The molecule has 0 saturated carbocycles. The van der Waals surface area contributed by atoms with Crippen molar-refractivity contribution in [3.05, 3.63) is 15.8 Å². The van der Waals surface area contributed by atoms with Crippen LogP contribution in [0, 0.1) is 17.0 Å². The molecule has 0 aromatic carbocycles. The third-order valence-electron chi connectivity index (χ3n) is 3.64. The molecule has 2 N–H and O–H groups in total. The van der Waals surface area contributed by atoms with E-state index in [-0.39, 0.29) is 11.7 Å². The first-order valence-corrected chi connectivity index (χ1v) is 7.23. The lowest BCUT2D eigenvalue weighted by Gasteiger charge is -2.29. The Morgan fingerprint density at radius 3 is 2.62 bits per heavy atom. The molecule has 1 saturated heterocycles. The first kappa shape index (κ1) is 15.4. The third kappa shape index (κ3) is 3.78. The van der Waals surface area contributed by atoms with E-state index in [1.807, 2.05) is 6.92 Å². The minimum atomic E-state index is -0.414. The number of nitrogens with one attached hydrogen (secondary N) is 2. The van der Waals surface area contributed by atoms with E-state index in [1.54, 1.807) is 6.92 Å². The summed E-state index contributed by atoms with van der Waals surface area (Å²) in [6, 6.07) is 0.212. The van der Waals surface area contributed by atoms with Gasteiger partial charge in [0.15, 0.2) is 0 Å². The van der Waals surface area contributed by atoms with Gasteiger partial charge in [-0.3, -0.25) is 10.1 Å². The Hall–Kier alpha value is -1.96. The molecule has 116 valence electrons. The van der Waals surface area contributed by atoms with Crippen molar-refractivity contribution in [1.29, 1.82) is 0 Å². The molecule has 0 atom stereocenters. The lowest BCUT2D eigenvalue weighted by Crippen LogP contribution is -2.37. The topological polar surface area (TPSA) is 96.2 Å². The normalized spacial score (nSPS) is 16.7. The zero-order valence-corrected chi connectivity index (χ0v) is 12.7. The number of aromatic nitrogens is 2. The van der Waals surface area contributed by atoms with Gasteiger partial charge in [0.05, 0.1) is 4.92 Å². The van der Waals surface area contributed by atoms with Gasteiger partial charge in [-0.2, -0.15) is 4.98 Å². The molecule has 0 radical (unpaired) electrons. The third-order valence-corrected chi connectivity index (χ3v) is 3.64. The van der Waals surface area contributed by atoms with Crippen molar-refractivity contribution in [2.75, 3.05) is 37.3 Å². The molecule has 1 aliphatic rings. The number of nitro groups is 1. The van der Waals surface area contributed by atoms with Gasteiger partial charge < -0.3 is 15.5 Å². The van der Waals surface area contributed by atoms with Gasteiger partial charge in [-0.05, 0) is 46.8 Å². The summed E-state index contributed by atoms with van der Waals surface area (Å²) < 4.78 is 0. The molecule has 1 aromatic rings. The van der Waals surface area contributed by atoms with Crippen molar-refractivity contribution in [3.63, 3.8) is 0 Å². The van der Waals surface area contributed by atoms with Gasteiger partial charge in [0.25, 0.3) is 0 Å². The van der Waals surface area contributed by atoms with Gasteiger partial charge in [0.2, 0.25) is 11.8 Å². The highest BCUT2D eigenvalue weighted by Gasteiger charge is 2.25. The van der Waals surface area contributed by atoms with E-state index >= 15 is 0 Å². The van der Waals surface area contributed by atoms with Gasteiger partial charge in [0.1, 0.15) is 5.69 Å². The number of aryl methyl sites for hydroxylation is 1. The number of hydrogen-bond donors (Lipinski definition) is 2. The second-order valence-corrected chi connectivity index (χ2v) is 5.34. The Kier molecular flexibility index (Phi) is 4.89. The van der Waals surface area contributed by atoms with E-state index in [1.165, 1.54) is 0 Å². The van der Waals surface area contributed by atoms with Crippen molar-refractivity contribution in [2.45, 2.75) is 32.7 Å². The first-order valence-electron chi connectivity index (χ1n) is 7.23. The highest BCUT2D eigenvalue weighted by molar-refractivity contribution is 5.61. The second-order valence-electron chi connectivity index (χ2n) is 5.34. The van der Waals surface area contributed by atoms with Crippen molar-refractivity contribution in [1.82, 2.24) is 14.9 Å². The molecule has 0 bridgehead atoms. The molecule has 1 fully saturated rings. The van der Waals surface area contributed by atoms with Gasteiger partial charge in [-0.1, -0.05) is 0 Å². The Morgan fingerprint density at radius 2 is 2.05 bits per heavy atom. The van der Waals surface area contributed by atoms with Crippen LogP contribution in [-0.2, 0) is 0 Å². The van der Waals surface area contributed by atoms with E-state index in [9.17, 15) is 10.1 Å². The maximum absolute atomic E-state index is 11.3. The van der Waals surface area contributed by atoms with Gasteiger partial charge >= 0.3 is 5.69 Å². The number of likely N-dealkylation sites (tertiary alicyclic amines) is 1. The SMILES string of the molecule is CCNc1nc(C)c([N+](=O)[O-])c(NC2CCN(C)CC2)n1. The average molecular weight is 294 g/mol.